The summed E-state index contributed by atoms with van der Waals surface area (Å²) >= 11 is 0. The molecule has 3 rings (SSSR count). The van der Waals surface area contributed by atoms with Gasteiger partial charge in [0.1, 0.15) is 11.5 Å². The van der Waals surface area contributed by atoms with Crippen LogP contribution in [0.5, 0.6) is 11.5 Å². The summed E-state index contributed by atoms with van der Waals surface area (Å²) in [6.07, 6.45) is 0. The second-order valence-corrected chi connectivity index (χ2v) is 5.46. The van der Waals surface area contributed by atoms with Crippen LogP contribution in [0.4, 0.5) is 5.69 Å². The smallest absolute Gasteiger partial charge is 0.259 e. The van der Waals surface area contributed by atoms with Crippen molar-refractivity contribution in [1.82, 2.24) is 0 Å². The van der Waals surface area contributed by atoms with E-state index in [1.54, 1.807) is 25.3 Å². The van der Waals surface area contributed by atoms with Gasteiger partial charge in [0.25, 0.3) is 5.91 Å². The molecule has 0 aliphatic rings. The van der Waals surface area contributed by atoms with Gasteiger partial charge >= 0.3 is 0 Å². The Bertz CT molecular complexity index is 858. The fourth-order valence-corrected chi connectivity index (χ4v) is 2.57. The van der Waals surface area contributed by atoms with Crippen molar-refractivity contribution in [3.63, 3.8) is 0 Å². The summed E-state index contributed by atoms with van der Waals surface area (Å²) in [6, 6.07) is 22.9. The van der Waals surface area contributed by atoms with Crippen LogP contribution in [-0.2, 0) is 0 Å². The van der Waals surface area contributed by atoms with E-state index in [2.05, 4.69) is 17.4 Å². The fourth-order valence-electron chi connectivity index (χ4n) is 2.57. The number of rotatable bonds is 5. The number of methoxy groups -OCH3 is 2. The van der Waals surface area contributed by atoms with Crippen LogP contribution in [0.25, 0.3) is 11.1 Å². The lowest BCUT2D eigenvalue weighted by Gasteiger charge is -2.11. The van der Waals surface area contributed by atoms with E-state index in [0.717, 1.165) is 16.8 Å². The third-order valence-electron chi connectivity index (χ3n) is 3.90. The molecule has 126 valence electrons. The summed E-state index contributed by atoms with van der Waals surface area (Å²) in [6.45, 7) is 0. The van der Waals surface area contributed by atoms with Crippen molar-refractivity contribution in [3.8, 4) is 22.6 Å². The van der Waals surface area contributed by atoms with E-state index in [9.17, 15) is 4.79 Å². The largest absolute Gasteiger partial charge is 0.497 e. The van der Waals surface area contributed by atoms with Gasteiger partial charge < -0.3 is 14.8 Å². The second kappa shape index (κ2) is 7.53. The highest BCUT2D eigenvalue weighted by Gasteiger charge is 2.14. The molecule has 0 atom stereocenters. The van der Waals surface area contributed by atoms with Gasteiger partial charge in [-0.05, 0) is 41.5 Å². The molecule has 0 aromatic heterocycles. The molecule has 3 aromatic rings. The molecule has 0 heterocycles. The summed E-state index contributed by atoms with van der Waals surface area (Å²) in [4.78, 5) is 12.6. The van der Waals surface area contributed by atoms with E-state index < -0.39 is 0 Å². The van der Waals surface area contributed by atoms with Crippen molar-refractivity contribution in [3.05, 3.63) is 78.4 Å². The summed E-state index contributed by atoms with van der Waals surface area (Å²) in [5, 5.41) is 2.89. The molecule has 4 heteroatoms. The molecule has 0 saturated heterocycles. The van der Waals surface area contributed by atoms with Gasteiger partial charge in [-0.15, -0.1) is 0 Å². The Hall–Kier alpha value is -3.27. The third-order valence-corrected chi connectivity index (χ3v) is 3.90. The normalized spacial score (nSPS) is 10.2. The number of carbonyl (C=O) groups excluding carboxylic acids is 1. The summed E-state index contributed by atoms with van der Waals surface area (Å²) in [5.41, 5.74) is 3.37. The Balaban J connectivity index is 1.79. The van der Waals surface area contributed by atoms with Crippen LogP contribution in [0.1, 0.15) is 10.4 Å². The predicted molar refractivity (Wildman–Crippen MR) is 99.4 cm³/mol. The highest BCUT2D eigenvalue weighted by Crippen LogP contribution is 2.26. The molecule has 0 unspecified atom stereocenters. The molecule has 0 bridgehead atoms. The maximum Gasteiger partial charge on any atom is 0.259 e. The van der Waals surface area contributed by atoms with E-state index in [0.29, 0.717) is 17.1 Å². The number of nitrogens with one attached hydrogen (secondary N) is 1. The van der Waals surface area contributed by atoms with Crippen LogP contribution in [-0.4, -0.2) is 20.1 Å². The molecule has 1 amide bonds. The number of hydrogen-bond acceptors (Lipinski definition) is 3. The first-order valence-corrected chi connectivity index (χ1v) is 7.90. The predicted octanol–water partition coefficient (Wildman–Crippen LogP) is 4.62. The van der Waals surface area contributed by atoms with Crippen molar-refractivity contribution >= 4 is 11.6 Å². The first-order valence-electron chi connectivity index (χ1n) is 7.90. The number of carbonyl (C=O) groups is 1. The van der Waals surface area contributed by atoms with Crippen LogP contribution in [0, 0.1) is 0 Å². The molecule has 4 nitrogen and oxygen atoms in total. The molecule has 0 aliphatic heterocycles. The quantitative estimate of drug-likeness (QED) is 0.741. The third kappa shape index (κ3) is 3.80. The van der Waals surface area contributed by atoms with E-state index in [1.807, 2.05) is 42.5 Å². The minimum absolute atomic E-state index is 0.247. The zero-order valence-electron chi connectivity index (χ0n) is 14.2. The second-order valence-electron chi connectivity index (χ2n) is 5.46. The minimum Gasteiger partial charge on any atom is -0.497 e. The van der Waals surface area contributed by atoms with Crippen LogP contribution < -0.4 is 14.8 Å². The Morgan fingerprint density at radius 1 is 0.800 bits per heavy atom. The lowest BCUT2D eigenvalue weighted by Crippen LogP contribution is -2.13. The highest BCUT2D eigenvalue weighted by atomic mass is 16.5. The van der Waals surface area contributed by atoms with Gasteiger partial charge in [-0.2, -0.15) is 0 Å². The van der Waals surface area contributed by atoms with Gasteiger partial charge in [0.05, 0.1) is 19.8 Å². The van der Waals surface area contributed by atoms with E-state index in [4.69, 9.17) is 9.47 Å². The zero-order valence-corrected chi connectivity index (χ0v) is 14.2. The van der Waals surface area contributed by atoms with Gasteiger partial charge in [-0.1, -0.05) is 42.5 Å². The van der Waals surface area contributed by atoms with Gasteiger partial charge in [0.15, 0.2) is 0 Å². The highest BCUT2D eigenvalue weighted by molar-refractivity contribution is 6.06. The monoisotopic (exact) mass is 333 g/mol. The molecule has 25 heavy (non-hydrogen) atoms. The Morgan fingerprint density at radius 3 is 2.12 bits per heavy atom. The van der Waals surface area contributed by atoms with Gasteiger partial charge in [-0.3, -0.25) is 4.79 Å². The van der Waals surface area contributed by atoms with E-state index in [-0.39, 0.29) is 5.91 Å². The van der Waals surface area contributed by atoms with Crippen molar-refractivity contribution in [1.29, 1.82) is 0 Å². The lowest BCUT2D eigenvalue weighted by atomic mass is 10.1. The molecule has 0 radical (unpaired) electrons. The van der Waals surface area contributed by atoms with E-state index >= 15 is 0 Å². The molecular formula is C21H19NO3. The minimum atomic E-state index is -0.247. The number of anilines is 1. The van der Waals surface area contributed by atoms with Crippen molar-refractivity contribution in [2.45, 2.75) is 0 Å². The molecule has 0 aliphatic carbocycles. The summed E-state index contributed by atoms with van der Waals surface area (Å²) in [7, 11) is 3.10. The number of hydrogen-bond donors (Lipinski definition) is 1. The molecule has 3 aromatic carbocycles. The molecule has 0 spiro atoms. The number of amides is 1. The topological polar surface area (TPSA) is 47.6 Å². The average molecular weight is 333 g/mol. The molecule has 1 N–H and O–H groups in total. The van der Waals surface area contributed by atoms with Crippen LogP contribution in [0.15, 0.2) is 72.8 Å². The molecular weight excluding hydrogens is 314 g/mol. The van der Waals surface area contributed by atoms with Crippen molar-refractivity contribution in [2.24, 2.45) is 0 Å². The van der Waals surface area contributed by atoms with Gasteiger partial charge in [0, 0.05) is 5.69 Å². The summed E-state index contributed by atoms with van der Waals surface area (Å²) in [5.74, 6) is 0.854. The van der Waals surface area contributed by atoms with Crippen LogP contribution in [0.3, 0.4) is 0 Å². The maximum absolute atomic E-state index is 12.6. The van der Waals surface area contributed by atoms with Gasteiger partial charge in [0.2, 0.25) is 0 Å². The average Bonchev–Trinajstić information content (AvgIpc) is 2.68. The van der Waals surface area contributed by atoms with Gasteiger partial charge in [-0.25, -0.2) is 0 Å². The van der Waals surface area contributed by atoms with Crippen molar-refractivity contribution in [2.75, 3.05) is 19.5 Å². The summed E-state index contributed by atoms with van der Waals surface area (Å²) < 4.78 is 10.4. The Morgan fingerprint density at radius 2 is 1.48 bits per heavy atom. The number of ether oxygens (including phenoxy) is 2. The fraction of sp³-hybridized carbons (Fsp3) is 0.0952. The first kappa shape index (κ1) is 16.6. The standard InChI is InChI=1S/C21H19NO3/c1-24-18-12-13-20(25-2)19(14-18)21(23)22-17-10-8-16(9-11-17)15-6-4-3-5-7-15/h3-14H,1-2H3,(H,22,23). The van der Waals surface area contributed by atoms with Crippen LogP contribution in [0.2, 0.25) is 0 Å². The van der Waals surface area contributed by atoms with Crippen LogP contribution >= 0.6 is 0 Å². The zero-order chi connectivity index (χ0) is 17.6. The first-order chi connectivity index (χ1) is 12.2. The lowest BCUT2D eigenvalue weighted by molar-refractivity contribution is 0.102. The van der Waals surface area contributed by atoms with Crippen molar-refractivity contribution < 1.29 is 14.3 Å². The van der Waals surface area contributed by atoms with E-state index in [1.165, 1.54) is 7.11 Å². The molecule has 0 fully saturated rings. The Labute approximate surface area is 147 Å². The number of benzene rings is 3. The SMILES string of the molecule is COc1ccc(OC)c(C(=O)Nc2ccc(-c3ccccc3)cc2)c1. The maximum atomic E-state index is 12.6. The Kier molecular flexibility index (Phi) is 5.00. The molecule has 0 saturated carbocycles.